The number of aliphatic hydroxyl groups excluding tert-OH is 2. The molecule has 0 aromatic heterocycles. The summed E-state index contributed by atoms with van der Waals surface area (Å²) in [4.78, 5) is 210. The molecular formula is C66H112BrN17O18S2. The van der Waals surface area contributed by atoms with Crippen molar-refractivity contribution < 1.29 is 87.2 Å². The third-order valence-electron chi connectivity index (χ3n) is 18.8. The van der Waals surface area contributed by atoms with Gasteiger partial charge >= 0.3 is 5.97 Å². The van der Waals surface area contributed by atoms with Crippen LogP contribution in [0.1, 0.15) is 160 Å². The average molecular weight is 1580 g/mol. The van der Waals surface area contributed by atoms with Gasteiger partial charge in [-0.25, -0.2) is 0 Å². The lowest BCUT2D eigenvalue weighted by atomic mass is 9.87. The van der Waals surface area contributed by atoms with Crippen molar-refractivity contribution in [2.24, 2.45) is 34.6 Å². The zero-order valence-electron chi connectivity index (χ0n) is 61.3. The van der Waals surface area contributed by atoms with Gasteiger partial charge in [-0.1, -0.05) is 97.5 Å². The monoisotopic (exact) mass is 1570 g/mol. The maximum atomic E-state index is 14.9. The minimum atomic E-state index is -1.77. The highest BCUT2D eigenvalue weighted by Crippen LogP contribution is 2.30. The van der Waals surface area contributed by atoms with Gasteiger partial charge in [-0.05, 0) is 94.8 Å². The number of carboxylic acid groups (broad SMARTS) is 1. The Balaban J connectivity index is 1.85. The second-order valence-electron chi connectivity index (χ2n) is 28.6. The molecule has 35 nitrogen and oxygen atoms in total. The van der Waals surface area contributed by atoms with Gasteiger partial charge in [0.15, 0.2) is 5.96 Å². The van der Waals surface area contributed by atoms with Crippen LogP contribution in [0.25, 0.3) is 0 Å². The van der Waals surface area contributed by atoms with Crippen LogP contribution in [-0.2, 0) is 71.9 Å². The molecule has 3 unspecified atom stereocenters. The Labute approximate surface area is 626 Å². The summed E-state index contributed by atoms with van der Waals surface area (Å²) in [5, 5.41) is 65.9. The molecule has 0 saturated carbocycles. The predicted molar refractivity (Wildman–Crippen MR) is 391 cm³/mol. The summed E-state index contributed by atoms with van der Waals surface area (Å²) in [6, 6.07) is -17.8. The van der Waals surface area contributed by atoms with E-state index in [4.69, 9.17) is 16.9 Å². The molecule has 588 valence electrons. The Bertz CT molecular complexity index is 3070. The van der Waals surface area contributed by atoms with Crippen LogP contribution in [0.4, 0.5) is 0 Å². The van der Waals surface area contributed by atoms with Crippen LogP contribution in [0.3, 0.4) is 0 Å². The number of thiol groups is 2. The summed E-state index contributed by atoms with van der Waals surface area (Å²) in [6.45, 7) is 17.1. The molecule has 3 fully saturated rings. The first-order valence-electron chi connectivity index (χ1n) is 35.3. The van der Waals surface area contributed by atoms with E-state index in [-0.39, 0.29) is 81.7 Å². The summed E-state index contributed by atoms with van der Waals surface area (Å²) >= 11 is 11.9. The van der Waals surface area contributed by atoms with Crippen molar-refractivity contribution in [1.82, 2.24) is 73.2 Å². The van der Waals surface area contributed by atoms with Crippen molar-refractivity contribution >= 4 is 136 Å². The van der Waals surface area contributed by atoms with Gasteiger partial charge in [0, 0.05) is 36.7 Å². The lowest BCUT2D eigenvalue weighted by Crippen LogP contribution is -2.64. The number of alkyl halides is 1. The van der Waals surface area contributed by atoms with Gasteiger partial charge < -0.3 is 100.0 Å². The molecule has 16 atom stereocenters. The summed E-state index contributed by atoms with van der Waals surface area (Å²) in [5.74, 6) is -15.1. The molecular weight excluding hydrogens is 1460 g/mol. The number of halogens is 1. The first-order chi connectivity index (χ1) is 48.6. The number of primary amides is 1. The highest BCUT2D eigenvalue weighted by Gasteiger charge is 2.48. The number of amides is 14. The number of guanidine groups is 1. The first kappa shape index (κ1) is 90.6. The normalized spacial score (nSPS) is 19.7. The molecule has 0 radical (unpaired) electrons. The van der Waals surface area contributed by atoms with Gasteiger partial charge in [0.1, 0.15) is 78.5 Å². The molecule has 38 heteroatoms. The molecule has 0 aromatic rings. The number of carboxylic acids is 1. The van der Waals surface area contributed by atoms with Crippen molar-refractivity contribution in [2.45, 2.75) is 243 Å². The maximum absolute atomic E-state index is 14.9. The molecule has 14 amide bonds. The van der Waals surface area contributed by atoms with Crippen LogP contribution in [0.2, 0.25) is 0 Å². The van der Waals surface area contributed by atoms with E-state index in [2.05, 4.69) is 99.7 Å². The van der Waals surface area contributed by atoms with E-state index < -0.39 is 215 Å². The zero-order chi connectivity index (χ0) is 78.8. The Morgan fingerprint density at radius 3 is 1.44 bits per heavy atom. The van der Waals surface area contributed by atoms with E-state index in [9.17, 15) is 87.2 Å². The number of nitrogens with two attached hydrogens (primary N) is 2. The number of nitrogens with one attached hydrogen (secondary N) is 12. The van der Waals surface area contributed by atoms with Crippen LogP contribution in [0.15, 0.2) is 0 Å². The van der Waals surface area contributed by atoms with Gasteiger partial charge in [0.25, 0.3) is 0 Å². The first-order valence-corrected chi connectivity index (χ1v) is 37.5. The lowest BCUT2D eigenvalue weighted by molar-refractivity contribution is -0.148. The Morgan fingerprint density at radius 1 is 0.538 bits per heavy atom. The fraction of sp³-hybridized carbons (Fsp3) is 0.758. The van der Waals surface area contributed by atoms with Gasteiger partial charge in [0.05, 0.1) is 25.0 Å². The van der Waals surface area contributed by atoms with Crippen LogP contribution in [-0.4, -0.2) is 258 Å². The molecule has 0 aromatic carbocycles. The van der Waals surface area contributed by atoms with E-state index in [0.29, 0.717) is 38.5 Å². The van der Waals surface area contributed by atoms with Crippen molar-refractivity contribution in [1.29, 1.82) is 5.41 Å². The number of hydrogen-bond donors (Lipinski definition) is 19. The highest BCUT2D eigenvalue weighted by atomic mass is 79.9. The van der Waals surface area contributed by atoms with Crippen LogP contribution in [0, 0.1) is 28.6 Å². The SMILES string of the molecule is CCC(C)[C@H](NC(=O)CBr)C(=O)N[C@@H](CS)C(=O)N[C@@H](CO)C(=O)N[C@@H](CCCNC(=N)N)C(=O)N[C@@H](CO)C(=O)N[C@@H](CC(C)(C)C)C(=O)N1CCC[C@H]1C(=O)N1CCC[C@H]1C(=O)N[C@H](C(=O)N[C@H](C(=O)N[C@H](C(=O)N1CCC[C@H]1C(=O)N[C@@H](CC(=O)O)C(N)=O)C(C)CC)C(C)(C)S)C(C)CC. The van der Waals surface area contributed by atoms with Crippen molar-refractivity contribution in [3.8, 4) is 0 Å². The van der Waals surface area contributed by atoms with Crippen LogP contribution in [0.5, 0.6) is 0 Å². The minimum Gasteiger partial charge on any atom is -0.481 e. The second kappa shape index (κ2) is 42.5. The lowest BCUT2D eigenvalue weighted by Gasteiger charge is -2.36. The van der Waals surface area contributed by atoms with Crippen molar-refractivity contribution in [3.63, 3.8) is 0 Å². The van der Waals surface area contributed by atoms with Gasteiger partial charge in [-0.3, -0.25) is 77.3 Å². The third kappa shape index (κ3) is 27.1. The van der Waals surface area contributed by atoms with Crippen LogP contribution < -0.4 is 70.0 Å². The Hall–Kier alpha value is -7.58. The number of hydrogen-bond acceptors (Lipinski definition) is 20. The Kier molecular flexibility index (Phi) is 37.1. The zero-order valence-corrected chi connectivity index (χ0v) is 64.7. The van der Waals surface area contributed by atoms with Gasteiger partial charge in [-0.15, -0.1) is 0 Å². The van der Waals surface area contributed by atoms with E-state index in [1.165, 1.54) is 14.7 Å². The summed E-state index contributed by atoms with van der Waals surface area (Å²) < 4.78 is -1.32. The summed E-state index contributed by atoms with van der Waals surface area (Å²) in [7, 11) is 0. The second-order valence-corrected chi connectivity index (χ2v) is 30.7. The van der Waals surface area contributed by atoms with E-state index in [1.807, 2.05) is 0 Å². The maximum Gasteiger partial charge on any atom is 0.305 e. The van der Waals surface area contributed by atoms with Crippen molar-refractivity contribution in [3.05, 3.63) is 0 Å². The number of aliphatic hydroxyl groups is 2. The van der Waals surface area contributed by atoms with Gasteiger partial charge in [-0.2, -0.15) is 25.3 Å². The number of aliphatic carboxylic acids is 1. The van der Waals surface area contributed by atoms with Crippen molar-refractivity contribution in [2.75, 3.05) is 50.5 Å². The van der Waals surface area contributed by atoms with Gasteiger partial charge in [0.2, 0.25) is 82.7 Å². The Morgan fingerprint density at radius 2 is 0.971 bits per heavy atom. The molecule has 0 spiro atoms. The molecule has 0 bridgehead atoms. The molecule has 3 aliphatic heterocycles. The molecule has 3 rings (SSSR count). The fourth-order valence-electron chi connectivity index (χ4n) is 12.3. The molecule has 3 heterocycles. The number of carbonyl (C=O) groups is 15. The quantitative estimate of drug-likeness (QED) is 0.00934. The van der Waals surface area contributed by atoms with E-state index in [0.717, 1.165) is 0 Å². The topological polar surface area (TPSA) is 535 Å². The predicted octanol–water partition coefficient (Wildman–Crippen LogP) is -3.38. The summed E-state index contributed by atoms with van der Waals surface area (Å²) in [5.41, 5.74) is 10.1. The standard InChI is InChI=1S/C66H112BrN17O18S2/c1-12-33(4)47(78-45(87)29-67)58(97)77-41(32-103)55(94)76-39(30-85)53(92)72-36(19-15-23-71-64(69)70)52(91)75-40(31-86)54(93)74-38(28-65(7,8)9)61(100)84-26-18-22-44(84)62(101)82-24-16-21-43(82)57(96)79-48(34(5)13-2)59(98)81-50(66(10,11)104)60(99)80-49(35(6)14-3)63(102)83-25-17-20-42(83)56(95)73-37(51(68)90)27-46(88)89/h33-44,47-50,85-86,103-104H,12-32H2,1-11H3,(H2,68,90)(H,72,92)(H,73,95)(H,74,93)(H,75,91)(H,76,94)(H,77,97)(H,78,87)(H,79,96)(H,80,99)(H,81,98)(H,88,89)(H4,69,70,71)/t33?,34?,35?,36-,37-,38-,39-,40-,41-,42-,43-,44-,47-,48-,49-,50+/m0/s1. The smallest absolute Gasteiger partial charge is 0.305 e. The molecule has 0 aliphatic carbocycles. The summed E-state index contributed by atoms with van der Waals surface area (Å²) in [6.07, 6.45) is 1.73. The number of likely N-dealkylation sites (tertiary alicyclic amines) is 3. The minimum absolute atomic E-state index is 0.0171. The molecule has 3 saturated heterocycles. The van der Waals surface area contributed by atoms with E-state index >= 15 is 0 Å². The fourth-order valence-corrected chi connectivity index (χ4v) is 12.9. The molecule has 19 N–H and O–H groups in total. The van der Waals surface area contributed by atoms with E-state index in [1.54, 1.807) is 76.2 Å². The third-order valence-corrected chi connectivity index (χ3v) is 19.9. The average Bonchev–Trinajstić information content (AvgIpc) is 1.57. The number of nitrogens with zero attached hydrogens (tertiary/aromatic N) is 3. The largest absolute Gasteiger partial charge is 0.481 e. The molecule has 104 heavy (non-hydrogen) atoms. The highest BCUT2D eigenvalue weighted by molar-refractivity contribution is 9.09. The van der Waals surface area contributed by atoms with Crippen LogP contribution >= 0.6 is 41.2 Å². The number of carbonyl (C=O) groups excluding carboxylic acids is 14. The molecule has 3 aliphatic rings. The number of rotatable bonds is 41.